The Labute approximate surface area is 150 Å². The number of alkyl halides is 3. The minimum Gasteiger partial charge on any atom is -0.362 e. The maximum Gasteiger partial charge on any atom is 0.438 e. The lowest BCUT2D eigenvalue weighted by Gasteiger charge is -2.32. The van der Waals surface area contributed by atoms with Crippen LogP contribution in [0.1, 0.15) is 22.3 Å². The van der Waals surface area contributed by atoms with Crippen molar-refractivity contribution < 1.29 is 28.0 Å². The molecule has 0 spiro atoms. The number of hydrogen-bond acceptors (Lipinski definition) is 5. The van der Waals surface area contributed by atoms with Crippen molar-refractivity contribution in [2.24, 2.45) is 5.10 Å². The molecule has 1 amide bonds. The van der Waals surface area contributed by atoms with Crippen LogP contribution in [0.3, 0.4) is 0 Å². The number of carbonyl (C=O) groups excluding carboxylic acids is 1. The molecular formula is C17H12F3N3O4. The van der Waals surface area contributed by atoms with Crippen molar-refractivity contribution in [2.75, 3.05) is 0 Å². The molecule has 27 heavy (non-hydrogen) atoms. The summed E-state index contributed by atoms with van der Waals surface area (Å²) in [6, 6.07) is 12.0. The van der Waals surface area contributed by atoms with Gasteiger partial charge in [0, 0.05) is 17.7 Å². The molecule has 1 unspecified atom stereocenters. The molecule has 0 aliphatic carbocycles. The minimum atomic E-state index is -5.19. The number of non-ortho nitro benzene ring substituents is 1. The third kappa shape index (κ3) is 3.26. The van der Waals surface area contributed by atoms with Gasteiger partial charge in [0.1, 0.15) is 0 Å². The number of rotatable bonds is 3. The summed E-state index contributed by atoms with van der Waals surface area (Å²) in [6.45, 7) is 0. The lowest BCUT2D eigenvalue weighted by atomic mass is 10.0. The number of aliphatic hydroxyl groups is 1. The van der Waals surface area contributed by atoms with Crippen LogP contribution < -0.4 is 0 Å². The van der Waals surface area contributed by atoms with Crippen molar-refractivity contribution in [3.05, 3.63) is 75.8 Å². The van der Waals surface area contributed by atoms with Gasteiger partial charge in [0.2, 0.25) is 0 Å². The summed E-state index contributed by atoms with van der Waals surface area (Å²) in [4.78, 5) is 22.7. The second kappa shape index (κ2) is 6.47. The fourth-order valence-electron chi connectivity index (χ4n) is 2.65. The van der Waals surface area contributed by atoms with Gasteiger partial charge in [-0.2, -0.15) is 23.3 Å². The summed E-state index contributed by atoms with van der Waals surface area (Å²) in [5, 5.41) is 24.7. The number of nitrogens with zero attached hydrogens (tertiary/aromatic N) is 3. The summed E-state index contributed by atoms with van der Waals surface area (Å²) in [6.07, 6.45) is -6.15. The van der Waals surface area contributed by atoms with Crippen LogP contribution >= 0.6 is 0 Å². The highest BCUT2D eigenvalue weighted by Crippen LogP contribution is 2.42. The van der Waals surface area contributed by atoms with Crippen molar-refractivity contribution in [3.63, 3.8) is 0 Å². The van der Waals surface area contributed by atoms with Gasteiger partial charge in [-0.25, -0.2) is 0 Å². The molecule has 0 aromatic heterocycles. The first kappa shape index (κ1) is 18.5. The summed E-state index contributed by atoms with van der Waals surface area (Å²) >= 11 is 0. The van der Waals surface area contributed by atoms with Crippen LogP contribution in [0.25, 0.3) is 0 Å². The Morgan fingerprint density at radius 1 is 1.19 bits per heavy atom. The zero-order valence-corrected chi connectivity index (χ0v) is 13.6. The van der Waals surface area contributed by atoms with Crippen molar-refractivity contribution in [1.29, 1.82) is 0 Å². The number of amides is 1. The van der Waals surface area contributed by atoms with E-state index in [2.05, 4.69) is 5.10 Å². The molecule has 7 nitrogen and oxygen atoms in total. The average molecular weight is 379 g/mol. The van der Waals surface area contributed by atoms with Gasteiger partial charge < -0.3 is 5.11 Å². The molecular weight excluding hydrogens is 367 g/mol. The van der Waals surface area contributed by atoms with Crippen LogP contribution in [-0.4, -0.2) is 38.6 Å². The van der Waals surface area contributed by atoms with Gasteiger partial charge >= 0.3 is 6.18 Å². The van der Waals surface area contributed by atoms with E-state index in [0.717, 1.165) is 24.3 Å². The van der Waals surface area contributed by atoms with E-state index in [1.165, 1.54) is 12.1 Å². The maximum absolute atomic E-state index is 13.5. The standard InChI is InChI=1S/C17H12F3N3O4/c18-17(19,20)16(25)10-14(11-5-2-1-3-6-11)21-22(16)15(24)12-7-4-8-13(9-12)23(26)27/h1-9,25H,10H2. The molecule has 0 bridgehead atoms. The van der Waals surface area contributed by atoms with Crippen molar-refractivity contribution >= 4 is 17.3 Å². The number of benzene rings is 2. The van der Waals surface area contributed by atoms with Crippen molar-refractivity contribution in [2.45, 2.75) is 18.3 Å². The first-order valence-corrected chi connectivity index (χ1v) is 7.64. The number of halogens is 3. The van der Waals surface area contributed by atoms with Crippen LogP contribution in [0.15, 0.2) is 59.7 Å². The molecule has 1 aliphatic rings. The molecule has 10 heteroatoms. The van der Waals surface area contributed by atoms with E-state index >= 15 is 0 Å². The lowest BCUT2D eigenvalue weighted by molar-refractivity contribution is -0.384. The van der Waals surface area contributed by atoms with Gasteiger partial charge in [-0.3, -0.25) is 14.9 Å². The molecule has 140 valence electrons. The zero-order chi connectivity index (χ0) is 19.8. The maximum atomic E-state index is 13.5. The van der Waals surface area contributed by atoms with E-state index < -0.39 is 40.4 Å². The monoisotopic (exact) mass is 379 g/mol. The Bertz CT molecular complexity index is 931. The lowest BCUT2D eigenvalue weighted by Crippen LogP contribution is -2.56. The largest absolute Gasteiger partial charge is 0.438 e. The van der Waals surface area contributed by atoms with Gasteiger partial charge in [0.15, 0.2) is 0 Å². The zero-order valence-electron chi connectivity index (χ0n) is 13.6. The second-order valence-electron chi connectivity index (χ2n) is 5.83. The molecule has 1 heterocycles. The number of hydrazone groups is 1. The Kier molecular flexibility index (Phi) is 4.44. The van der Waals surface area contributed by atoms with Crippen LogP contribution in [-0.2, 0) is 0 Å². The van der Waals surface area contributed by atoms with Gasteiger partial charge in [0.25, 0.3) is 17.3 Å². The van der Waals surface area contributed by atoms with Gasteiger partial charge in [0.05, 0.1) is 17.1 Å². The minimum absolute atomic E-state index is 0.0611. The number of nitro benzene ring substituents is 1. The summed E-state index contributed by atoms with van der Waals surface area (Å²) < 4.78 is 40.6. The molecule has 2 aromatic rings. The van der Waals surface area contributed by atoms with Crippen molar-refractivity contribution in [3.8, 4) is 0 Å². The molecule has 2 aromatic carbocycles. The second-order valence-corrected chi connectivity index (χ2v) is 5.83. The predicted octanol–water partition coefficient (Wildman–Crippen LogP) is 3.10. The third-order valence-electron chi connectivity index (χ3n) is 4.04. The quantitative estimate of drug-likeness (QED) is 0.655. The first-order chi connectivity index (χ1) is 12.6. The van der Waals surface area contributed by atoms with Crippen molar-refractivity contribution in [1.82, 2.24) is 5.01 Å². The van der Waals surface area contributed by atoms with E-state index in [4.69, 9.17) is 0 Å². The Morgan fingerprint density at radius 2 is 1.85 bits per heavy atom. The highest BCUT2D eigenvalue weighted by atomic mass is 19.4. The number of nitro groups is 1. The fourth-order valence-corrected chi connectivity index (χ4v) is 2.65. The van der Waals surface area contributed by atoms with E-state index in [-0.39, 0.29) is 10.7 Å². The molecule has 0 saturated carbocycles. The molecule has 0 fully saturated rings. The van der Waals surface area contributed by atoms with Crippen LogP contribution in [0, 0.1) is 10.1 Å². The molecule has 0 saturated heterocycles. The van der Waals surface area contributed by atoms with E-state index in [0.29, 0.717) is 5.56 Å². The topological polar surface area (TPSA) is 96.0 Å². The smallest absolute Gasteiger partial charge is 0.362 e. The highest BCUT2D eigenvalue weighted by Gasteiger charge is 2.63. The van der Waals surface area contributed by atoms with Crippen LogP contribution in [0.4, 0.5) is 18.9 Å². The van der Waals surface area contributed by atoms with Crippen LogP contribution in [0.2, 0.25) is 0 Å². The molecule has 1 N–H and O–H groups in total. The normalized spacial score (nSPS) is 19.7. The summed E-state index contributed by atoms with van der Waals surface area (Å²) in [5.74, 6) is -1.30. The van der Waals surface area contributed by atoms with Gasteiger partial charge in [-0.1, -0.05) is 36.4 Å². The van der Waals surface area contributed by atoms with Crippen LogP contribution in [0.5, 0.6) is 0 Å². The summed E-state index contributed by atoms with van der Waals surface area (Å²) in [5.41, 5.74) is -4.24. The van der Waals surface area contributed by atoms with Gasteiger partial charge in [-0.15, -0.1) is 0 Å². The highest BCUT2D eigenvalue weighted by molar-refractivity contribution is 6.05. The number of carbonyl (C=O) groups is 1. The van der Waals surface area contributed by atoms with E-state index in [1.807, 2.05) is 0 Å². The van der Waals surface area contributed by atoms with E-state index in [9.17, 15) is 33.2 Å². The average Bonchev–Trinajstić information content (AvgIpc) is 3.01. The SMILES string of the molecule is O=C(c1cccc([N+](=O)[O-])c1)N1N=C(c2ccccc2)CC1(O)C(F)(F)F. The fraction of sp³-hybridized carbons (Fsp3) is 0.176. The summed E-state index contributed by atoms with van der Waals surface area (Å²) in [7, 11) is 0. The van der Waals surface area contributed by atoms with E-state index in [1.54, 1.807) is 18.2 Å². The predicted molar refractivity (Wildman–Crippen MR) is 87.9 cm³/mol. The molecule has 3 rings (SSSR count). The third-order valence-corrected chi connectivity index (χ3v) is 4.04. The van der Waals surface area contributed by atoms with Gasteiger partial charge in [-0.05, 0) is 11.6 Å². The number of hydrogen-bond donors (Lipinski definition) is 1. The Morgan fingerprint density at radius 3 is 2.44 bits per heavy atom. The Balaban J connectivity index is 2.06. The molecule has 1 atom stereocenters. The molecule has 0 radical (unpaired) electrons. The Hall–Kier alpha value is -3.27. The molecule has 1 aliphatic heterocycles. The first-order valence-electron chi connectivity index (χ1n) is 7.64.